The summed E-state index contributed by atoms with van der Waals surface area (Å²) in [6.45, 7) is 2.48. The third kappa shape index (κ3) is 4.17. The topological polar surface area (TPSA) is 56.1 Å². The molecule has 5 nitrogen and oxygen atoms in total. The number of aromatic nitrogens is 2. The van der Waals surface area contributed by atoms with Crippen LogP contribution in [0.15, 0.2) is 24.4 Å². The van der Waals surface area contributed by atoms with Crippen LogP contribution in [0.2, 0.25) is 0 Å². The van der Waals surface area contributed by atoms with E-state index in [2.05, 4.69) is 14.9 Å². The molecular formula is C18H20F3N3O2. The van der Waals surface area contributed by atoms with E-state index in [-0.39, 0.29) is 18.3 Å². The Labute approximate surface area is 149 Å². The van der Waals surface area contributed by atoms with E-state index in [0.29, 0.717) is 17.2 Å². The van der Waals surface area contributed by atoms with E-state index in [9.17, 15) is 18.0 Å². The van der Waals surface area contributed by atoms with E-state index in [1.807, 2.05) is 19.9 Å². The summed E-state index contributed by atoms with van der Waals surface area (Å²) in [6.07, 6.45) is -0.862. The molecule has 0 unspecified atom stereocenters. The molecule has 0 spiro atoms. The van der Waals surface area contributed by atoms with Crippen LogP contribution >= 0.6 is 0 Å². The summed E-state index contributed by atoms with van der Waals surface area (Å²) in [4.78, 5) is 16.3. The second-order valence-electron chi connectivity index (χ2n) is 6.44. The van der Waals surface area contributed by atoms with Gasteiger partial charge in [-0.3, -0.25) is 4.79 Å². The molecule has 0 atom stereocenters. The second kappa shape index (κ2) is 7.01. The zero-order valence-corrected chi connectivity index (χ0v) is 14.6. The third-order valence-electron chi connectivity index (χ3n) is 4.30. The van der Waals surface area contributed by atoms with Crippen molar-refractivity contribution in [3.8, 4) is 5.88 Å². The number of pyridine rings is 1. The number of carbonyl (C=O) groups is 1. The molecule has 0 bridgehead atoms. The fourth-order valence-corrected chi connectivity index (χ4v) is 3.01. The van der Waals surface area contributed by atoms with Crippen LogP contribution in [-0.4, -0.2) is 28.2 Å². The van der Waals surface area contributed by atoms with Gasteiger partial charge in [0.05, 0.1) is 5.56 Å². The largest absolute Gasteiger partial charge is 0.468 e. The predicted octanol–water partition coefficient (Wildman–Crippen LogP) is 3.71. The number of halogens is 3. The zero-order valence-electron chi connectivity index (χ0n) is 14.6. The Hall–Kier alpha value is -2.51. The number of alkyl halides is 3. The average molecular weight is 367 g/mol. The van der Waals surface area contributed by atoms with E-state index in [4.69, 9.17) is 4.74 Å². The van der Waals surface area contributed by atoms with Crippen molar-refractivity contribution in [3.05, 3.63) is 46.9 Å². The van der Waals surface area contributed by atoms with E-state index >= 15 is 0 Å². The number of amides is 1. The molecule has 1 aliphatic rings. The quantitative estimate of drug-likeness (QED) is 0.847. The molecule has 0 saturated heterocycles. The van der Waals surface area contributed by atoms with Crippen molar-refractivity contribution in [2.75, 3.05) is 6.61 Å². The maximum atomic E-state index is 12.5. The SMILES string of the molecule is Cc1cc(C(=O)NCc2cccnc2OCC(F)(F)F)c(C)n1C1CC1. The molecule has 1 amide bonds. The number of hydrogen-bond donors (Lipinski definition) is 1. The molecule has 1 aliphatic carbocycles. The van der Waals surface area contributed by atoms with Gasteiger partial charge in [0, 0.05) is 35.7 Å². The number of nitrogens with one attached hydrogen (secondary N) is 1. The number of rotatable bonds is 6. The minimum absolute atomic E-state index is 0.0347. The minimum Gasteiger partial charge on any atom is -0.468 e. The molecule has 2 aromatic rings. The van der Waals surface area contributed by atoms with Crippen molar-refractivity contribution in [3.63, 3.8) is 0 Å². The van der Waals surface area contributed by atoms with Gasteiger partial charge in [-0.25, -0.2) is 4.98 Å². The van der Waals surface area contributed by atoms with Gasteiger partial charge in [-0.15, -0.1) is 0 Å². The number of nitrogens with zero attached hydrogens (tertiary/aromatic N) is 2. The number of ether oxygens (including phenoxy) is 1. The molecule has 8 heteroatoms. The molecule has 140 valence electrons. The zero-order chi connectivity index (χ0) is 18.9. The van der Waals surface area contributed by atoms with Crippen molar-refractivity contribution >= 4 is 5.91 Å². The molecule has 2 heterocycles. The van der Waals surface area contributed by atoms with Crippen LogP contribution in [-0.2, 0) is 6.54 Å². The maximum Gasteiger partial charge on any atom is 0.422 e. The predicted molar refractivity (Wildman–Crippen MR) is 89.1 cm³/mol. The van der Waals surface area contributed by atoms with Crippen LogP contribution in [0.3, 0.4) is 0 Å². The van der Waals surface area contributed by atoms with Gasteiger partial charge in [-0.1, -0.05) is 6.07 Å². The Morgan fingerprint density at radius 2 is 2.12 bits per heavy atom. The summed E-state index contributed by atoms with van der Waals surface area (Å²) >= 11 is 0. The lowest BCUT2D eigenvalue weighted by Crippen LogP contribution is -2.25. The molecule has 26 heavy (non-hydrogen) atoms. The highest BCUT2D eigenvalue weighted by Gasteiger charge is 2.30. The molecule has 0 aromatic carbocycles. The summed E-state index contributed by atoms with van der Waals surface area (Å²) in [7, 11) is 0. The van der Waals surface area contributed by atoms with Gasteiger partial charge < -0.3 is 14.6 Å². The Balaban J connectivity index is 1.68. The van der Waals surface area contributed by atoms with Crippen molar-refractivity contribution in [1.29, 1.82) is 0 Å². The Kier molecular flexibility index (Phi) is 4.93. The summed E-state index contributed by atoms with van der Waals surface area (Å²) < 4.78 is 43.9. The summed E-state index contributed by atoms with van der Waals surface area (Å²) in [6, 6.07) is 5.47. The van der Waals surface area contributed by atoms with Crippen molar-refractivity contribution in [2.45, 2.75) is 45.5 Å². The molecular weight excluding hydrogens is 347 g/mol. The van der Waals surface area contributed by atoms with E-state index in [1.165, 1.54) is 6.20 Å². The molecule has 2 aromatic heterocycles. The first-order valence-electron chi connectivity index (χ1n) is 8.36. The highest BCUT2D eigenvalue weighted by molar-refractivity contribution is 5.95. The molecule has 0 radical (unpaired) electrons. The lowest BCUT2D eigenvalue weighted by atomic mass is 10.2. The smallest absolute Gasteiger partial charge is 0.422 e. The van der Waals surface area contributed by atoms with Crippen LogP contribution in [0.1, 0.15) is 46.2 Å². The lowest BCUT2D eigenvalue weighted by Gasteiger charge is -2.12. The van der Waals surface area contributed by atoms with Gasteiger partial charge in [0.1, 0.15) is 0 Å². The maximum absolute atomic E-state index is 12.5. The highest BCUT2D eigenvalue weighted by Crippen LogP contribution is 2.38. The van der Waals surface area contributed by atoms with E-state index in [1.54, 1.807) is 12.1 Å². The molecule has 0 aliphatic heterocycles. The standard InChI is InChI=1S/C18H20F3N3O2/c1-11-8-15(12(2)24(11)14-5-6-14)16(25)23-9-13-4-3-7-22-17(13)26-10-18(19,20)21/h3-4,7-8,14H,5-6,9-10H2,1-2H3,(H,23,25). The van der Waals surface area contributed by atoms with E-state index < -0.39 is 12.8 Å². The normalized spacial score (nSPS) is 14.3. The molecule has 1 N–H and O–H groups in total. The van der Waals surface area contributed by atoms with Gasteiger partial charge in [-0.2, -0.15) is 13.2 Å². The van der Waals surface area contributed by atoms with Crippen molar-refractivity contribution in [1.82, 2.24) is 14.9 Å². The fraction of sp³-hybridized carbons (Fsp3) is 0.444. The van der Waals surface area contributed by atoms with Crippen LogP contribution < -0.4 is 10.1 Å². The van der Waals surface area contributed by atoms with Gasteiger partial charge in [0.25, 0.3) is 5.91 Å². The summed E-state index contributed by atoms with van der Waals surface area (Å²) in [5.41, 5.74) is 2.91. The first-order valence-corrected chi connectivity index (χ1v) is 8.36. The average Bonchev–Trinajstić information content (AvgIpc) is 3.36. The molecule has 3 rings (SSSR count). The van der Waals surface area contributed by atoms with Crippen molar-refractivity contribution in [2.24, 2.45) is 0 Å². The highest BCUT2D eigenvalue weighted by atomic mass is 19.4. The molecule has 1 saturated carbocycles. The van der Waals surface area contributed by atoms with Crippen LogP contribution in [0.25, 0.3) is 0 Å². The monoisotopic (exact) mass is 367 g/mol. The Bertz CT molecular complexity index is 810. The van der Waals surface area contributed by atoms with Gasteiger partial charge in [0.15, 0.2) is 6.61 Å². The van der Waals surface area contributed by atoms with E-state index in [0.717, 1.165) is 24.2 Å². The Morgan fingerprint density at radius 3 is 2.77 bits per heavy atom. The minimum atomic E-state index is -4.45. The number of aryl methyl sites for hydroxylation is 1. The van der Waals surface area contributed by atoms with Crippen LogP contribution in [0.5, 0.6) is 5.88 Å². The first kappa shape index (κ1) is 18.3. The van der Waals surface area contributed by atoms with Gasteiger partial charge in [0.2, 0.25) is 5.88 Å². The fourth-order valence-electron chi connectivity index (χ4n) is 3.01. The summed E-state index contributed by atoms with van der Waals surface area (Å²) in [5, 5.41) is 2.74. The lowest BCUT2D eigenvalue weighted by molar-refractivity contribution is -0.154. The number of hydrogen-bond acceptors (Lipinski definition) is 3. The Morgan fingerprint density at radius 1 is 1.38 bits per heavy atom. The van der Waals surface area contributed by atoms with Gasteiger partial charge >= 0.3 is 6.18 Å². The summed E-state index contributed by atoms with van der Waals surface area (Å²) in [5.74, 6) is -0.399. The van der Waals surface area contributed by atoms with Crippen molar-refractivity contribution < 1.29 is 22.7 Å². The first-order chi connectivity index (χ1) is 12.3. The number of carbonyl (C=O) groups excluding carboxylic acids is 1. The third-order valence-corrected chi connectivity index (χ3v) is 4.30. The molecule has 1 fully saturated rings. The second-order valence-corrected chi connectivity index (χ2v) is 6.44. The van der Waals surface area contributed by atoms with Crippen LogP contribution in [0, 0.1) is 13.8 Å². The van der Waals surface area contributed by atoms with Crippen LogP contribution in [0.4, 0.5) is 13.2 Å². The van der Waals surface area contributed by atoms with Gasteiger partial charge in [-0.05, 0) is 38.8 Å².